The number of carbonyl (C=O) groups is 1. The fraction of sp³-hybridized carbons (Fsp3) is 0.562. The highest BCUT2D eigenvalue weighted by atomic mass is 32.1. The Labute approximate surface area is 139 Å². The minimum Gasteiger partial charge on any atom is -0.481 e. The van der Waals surface area contributed by atoms with E-state index in [1.165, 1.54) is 34.8 Å². The van der Waals surface area contributed by atoms with E-state index in [1.54, 1.807) is 4.68 Å². The van der Waals surface area contributed by atoms with E-state index in [4.69, 9.17) is 10.1 Å². The molecule has 0 saturated carbocycles. The number of hydrogen-bond acceptors (Lipinski definition) is 5. The number of aryl methyl sites for hydroxylation is 3. The summed E-state index contributed by atoms with van der Waals surface area (Å²) in [5.74, 6) is -0.799. The van der Waals surface area contributed by atoms with Crippen LogP contribution in [0.3, 0.4) is 0 Å². The Morgan fingerprint density at radius 3 is 3.00 bits per heavy atom. The lowest BCUT2D eigenvalue weighted by atomic mass is 10.0. The molecule has 1 aliphatic rings. The number of aromatic nitrogens is 3. The van der Waals surface area contributed by atoms with Crippen LogP contribution in [-0.4, -0.2) is 37.8 Å². The molecule has 0 saturated heterocycles. The van der Waals surface area contributed by atoms with Crippen LogP contribution in [0.1, 0.15) is 40.4 Å². The molecule has 0 aromatic carbocycles. The maximum Gasteiger partial charge on any atom is 0.305 e. The van der Waals surface area contributed by atoms with Gasteiger partial charge in [0, 0.05) is 23.2 Å². The first kappa shape index (κ1) is 16.1. The van der Waals surface area contributed by atoms with Crippen molar-refractivity contribution in [2.75, 3.05) is 7.05 Å². The van der Waals surface area contributed by atoms with Crippen LogP contribution in [0.5, 0.6) is 0 Å². The summed E-state index contributed by atoms with van der Waals surface area (Å²) in [5.41, 5.74) is 2.41. The minimum absolute atomic E-state index is 0.0988. The Hall–Kier alpha value is -1.73. The number of thiazole rings is 1. The summed E-state index contributed by atoms with van der Waals surface area (Å²) in [6, 6.07) is 0. The Balaban J connectivity index is 1.53. The molecule has 124 valence electrons. The van der Waals surface area contributed by atoms with Gasteiger partial charge in [0.15, 0.2) is 0 Å². The van der Waals surface area contributed by atoms with Crippen LogP contribution in [0.4, 0.5) is 0 Å². The highest BCUT2D eigenvalue weighted by molar-refractivity contribution is 7.11. The molecule has 2 aromatic rings. The average molecular weight is 334 g/mol. The molecule has 7 heteroatoms. The molecule has 0 amide bonds. The average Bonchev–Trinajstić information content (AvgIpc) is 3.10. The molecular weight excluding hydrogens is 312 g/mol. The van der Waals surface area contributed by atoms with Gasteiger partial charge in [-0.05, 0) is 32.7 Å². The first-order valence-corrected chi connectivity index (χ1v) is 8.81. The third-order valence-corrected chi connectivity index (χ3v) is 5.13. The Morgan fingerprint density at radius 1 is 1.39 bits per heavy atom. The molecule has 1 N–H and O–H groups in total. The van der Waals surface area contributed by atoms with Gasteiger partial charge >= 0.3 is 5.97 Å². The summed E-state index contributed by atoms with van der Waals surface area (Å²) in [4.78, 5) is 19.1. The minimum atomic E-state index is -0.799. The molecule has 2 aromatic heterocycles. The predicted octanol–water partition coefficient (Wildman–Crippen LogP) is 2.33. The first-order chi connectivity index (χ1) is 11.1. The van der Waals surface area contributed by atoms with Gasteiger partial charge in [-0.2, -0.15) is 5.10 Å². The van der Waals surface area contributed by atoms with E-state index < -0.39 is 5.97 Å². The summed E-state index contributed by atoms with van der Waals surface area (Å²) in [5, 5.41) is 14.1. The third kappa shape index (κ3) is 4.39. The lowest BCUT2D eigenvalue weighted by Crippen LogP contribution is -2.16. The van der Waals surface area contributed by atoms with Crippen molar-refractivity contribution >= 4 is 17.3 Å². The second-order valence-corrected chi connectivity index (χ2v) is 7.28. The van der Waals surface area contributed by atoms with Gasteiger partial charge in [-0.25, -0.2) is 4.98 Å². The summed E-state index contributed by atoms with van der Waals surface area (Å²) >= 11 is 1.85. The van der Waals surface area contributed by atoms with Gasteiger partial charge in [-0.15, -0.1) is 11.3 Å². The maximum atomic E-state index is 10.6. The zero-order valence-electron chi connectivity index (χ0n) is 13.4. The van der Waals surface area contributed by atoms with Crippen molar-refractivity contribution in [1.82, 2.24) is 19.7 Å². The summed E-state index contributed by atoms with van der Waals surface area (Å²) < 4.78 is 1.69. The quantitative estimate of drug-likeness (QED) is 0.841. The van der Waals surface area contributed by atoms with Gasteiger partial charge in [0.05, 0.1) is 31.4 Å². The standard InChI is InChI=1S/C16H22N4O2S/c1-19(9-12-8-17-20(10-12)7-6-16(21)22)11-15-18-13-4-2-3-5-14(13)23-15/h8,10H,2-7,9,11H2,1H3,(H,21,22). The van der Waals surface area contributed by atoms with Crippen LogP contribution >= 0.6 is 11.3 Å². The highest BCUT2D eigenvalue weighted by Gasteiger charge is 2.16. The van der Waals surface area contributed by atoms with Crippen molar-refractivity contribution in [1.29, 1.82) is 0 Å². The van der Waals surface area contributed by atoms with E-state index in [0.29, 0.717) is 6.54 Å². The summed E-state index contributed by atoms with van der Waals surface area (Å²) in [6.45, 7) is 2.05. The molecule has 0 aliphatic heterocycles. The molecule has 6 nitrogen and oxygen atoms in total. The largest absolute Gasteiger partial charge is 0.481 e. The van der Waals surface area contributed by atoms with E-state index >= 15 is 0 Å². The molecule has 0 atom stereocenters. The van der Waals surface area contributed by atoms with E-state index in [0.717, 1.165) is 25.1 Å². The normalized spacial score (nSPS) is 14.2. The van der Waals surface area contributed by atoms with Gasteiger partial charge in [0.25, 0.3) is 0 Å². The van der Waals surface area contributed by atoms with E-state index in [1.807, 2.05) is 23.7 Å². The van der Waals surface area contributed by atoms with Crippen LogP contribution in [0.25, 0.3) is 0 Å². The number of carboxylic acid groups (broad SMARTS) is 1. The lowest BCUT2D eigenvalue weighted by Gasteiger charge is -2.13. The van der Waals surface area contributed by atoms with Crippen molar-refractivity contribution in [2.24, 2.45) is 0 Å². The van der Waals surface area contributed by atoms with Gasteiger partial charge in [-0.3, -0.25) is 14.4 Å². The maximum absolute atomic E-state index is 10.6. The Kier molecular flexibility index (Phi) is 5.07. The number of nitrogens with zero attached hydrogens (tertiary/aromatic N) is 4. The van der Waals surface area contributed by atoms with Crippen molar-refractivity contribution < 1.29 is 9.90 Å². The van der Waals surface area contributed by atoms with Gasteiger partial charge in [0.1, 0.15) is 5.01 Å². The second kappa shape index (κ2) is 7.23. The van der Waals surface area contributed by atoms with Crippen LogP contribution < -0.4 is 0 Å². The van der Waals surface area contributed by atoms with E-state index in [-0.39, 0.29) is 6.42 Å². The topological polar surface area (TPSA) is 71.2 Å². The summed E-state index contributed by atoms with van der Waals surface area (Å²) in [7, 11) is 2.08. The monoisotopic (exact) mass is 334 g/mol. The molecule has 2 heterocycles. The van der Waals surface area contributed by atoms with Gasteiger partial charge in [-0.1, -0.05) is 0 Å². The Morgan fingerprint density at radius 2 is 2.22 bits per heavy atom. The number of rotatable bonds is 7. The van der Waals surface area contributed by atoms with Crippen molar-refractivity contribution in [3.05, 3.63) is 33.5 Å². The molecule has 0 unspecified atom stereocenters. The fourth-order valence-corrected chi connectivity index (χ4v) is 4.13. The van der Waals surface area contributed by atoms with E-state index in [9.17, 15) is 4.79 Å². The SMILES string of the molecule is CN(Cc1cnn(CCC(=O)O)c1)Cc1nc2c(s1)CCCC2. The van der Waals surface area contributed by atoms with Crippen molar-refractivity contribution in [2.45, 2.75) is 51.7 Å². The molecule has 0 radical (unpaired) electrons. The van der Waals surface area contributed by atoms with Gasteiger partial charge in [0.2, 0.25) is 0 Å². The van der Waals surface area contributed by atoms with Gasteiger partial charge < -0.3 is 5.11 Å². The molecule has 1 aliphatic carbocycles. The van der Waals surface area contributed by atoms with Crippen LogP contribution in [-0.2, 0) is 37.3 Å². The zero-order valence-corrected chi connectivity index (χ0v) is 14.2. The van der Waals surface area contributed by atoms with Crippen LogP contribution in [0.2, 0.25) is 0 Å². The van der Waals surface area contributed by atoms with Crippen molar-refractivity contribution in [3.63, 3.8) is 0 Å². The van der Waals surface area contributed by atoms with E-state index in [2.05, 4.69) is 17.0 Å². The first-order valence-electron chi connectivity index (χ1n) is 7.99. The summed E-state index contributed by atoms with van der Waals surface area (Å²) in [6.07, 6.45) is 8.71. The molecule has 0 spiro atoms. The number of fused-ring (bicyclic) bond motifs is 1. The molecule has 0 fully saturated rings. The molecule has 0 bridgehead atoms. The lowest BCUT2D eigenvalue weighted by molar-refractivity contribution is -0.137. The highest BCUT2D eigenvalue weighted by Crippen LogP contribution is 2.27. The number of aliphatic carboxylic acids is 1. The van der Waals surface area contributed by atoms with Crippen LogP contribution in [0.15, 0.2) is 12.4 Å². The third-order valence-electron chi connectivity index (χ3n) is 3.99. The zero-order chi connectivity index (χ0) is 16.2. The molecule has 3 rings (SSSR count). The fourth-order valence-electron chi connectivity index (χ4n) is 2.89. The predicted molar refractivity (Wildman–Crippen MR) is 88.4 cm³/mol. The Bertz CT molecular complexity index is 656. The second-order valence-electron chi connectivity index (χ2n) is 6.11. The smallest absolute Gasteiger partial charge is 0.305 e. The number of carboxylic acids is 1. The van der Waals surface area contributed by atoms with Crippen LogP contribution in [0, 0.1) is 0 Å². The number of hydrogen-bond donors (Lipinski definition) is 1. The molecular formula is C16H22N4O2S. The van der Waals surface area contributed by atoms with Crippen molar-refractivity contribution in [3.8, 4) is 0 Å². The molecule has 23 heavy (non-hydrogen) atoms.